The van der Waals surface area contributed by atoms with E-state index in [4.69, 9.17) is 5.73 Å². The van der Waals surface area contributed by atoms with E-state index in [1.165, 1.54) is 0 Å². The molecule has 2 aliphatic rings. The molecule has 0 aliphatic carbocycles. The monoisotopic (exact) mass is 367 g/mol. The zero-order valence-electron chi connectivity index (χ0n) is 16.2. The molecule has 2 fully saturated rings. The first-order chi connectivity index (χ1) is 12.1. The van der Waals surface area contributed by atoms with Gasteiger partial charge in [0.1, 0.15) is 0 Å². The molecule has 2 rings (SSSR count). The van der Waals surface area contributed by atoms with Gasteiger partial charge in [-0.05, 0) is 50.6 Å². The molecule has 0 spiro atoms. The molecule has 0 aromatic carbocycles. The number of hydrogen-bond acceptors (Lipinski definition) is 4. The SMILES string of the molecule is CC(C)(C)C(=O)N1CCC(CC(=O)O)C(CCN2CCCC2C(N)=O)C1. The van der Waals surface area contributed by atoms with E-state index in [1.54, 1.807) is 0 Å². The van der Waals surface area contributed by atoms with Crippen LogP contribution in [0, 0.1) is 17.3 Å². The fourth-order valence-corrected chi connectivity index (χ4v) is 4.31. The highest BCUT2D eigenvalue weighted by atomic mass is 16.4. The summed E-state index contributed by atoms with van der Waals surface area (Å²) in [6.45, 7) is 8.54. The van der Waals surface area contributed by atoms with Crippen LogP contribution in [0.3, 0.4) is 0 Å². The van der Waals surface area contributed by atoms with E-state index in [1.807, 2.05) is 25.7 Å². The van der Waals surface area contributed by atoms with E-state index in [0.29, 0.717) is 13.1 Å². The Labute approximate surface area is 155 Å². The van der Waals surface area contributed by atoms with Gasteiger partial charge in [-0.1, -0.05) is 20.8 Å². The highest BCUT2D eigenvalue weighted by Crippen LogP contribution is 2.32. The van der Waals surface area contributed by atoms with Crippen LogP contribution in [0.1, 0.15) is 52.9 Å². The van der Waals surface area contributed by atoms with Gasteiger partial charge in [0.15, 0.2) is 0 Å². The van der Waals surface area contributed by atoms with E-state index < -0.39 is 11.4 Å². The van der Waals surface area contributed by atoms with Crippen molar-refractivity contribution in [1.29, 1.82) is 0 Å². The second-order valence-electron chi connectivity index (χ2n) is 8.79. The van der Waals surface area contributed by atoms with Crippen molar-refractivity contribution < 1.29 is 19.5 Å². The first kappa shape index (κ1) is 20.7. The van der Waals surface area contributed by atoms with Crippen LogP contribution in [-0.2, 0) is 14.4 Å². The lowest BCUT2D eigenvalue weighted by atomic mass is 9.80. The molecule has 0 radical (unpaired) electrons. The number of likely N-dealkylation sites (tertiary alicyclic amines) is 2. The number of nitrogens with zero attached hydrogens (tertiary/aromatic N) is 2. The van der Waals surface area contributed by atoms with Crippen molar-refractivity contribution in [3.63, 3.8) is 0 Å². The Morgan fingerprint density at radius 3 is 2.38 bits per heavy atom. The second-order valence-corrected chi connectivity index (χ2v) is 8.79. The first-order valence-electron chi connectivity index (χ1n) is 9.64. The molecule has 2 amide bonds. The normalized spacial score (nSPS) is 27.5. The van der Waals surface area contributed by atoms with Crippen LogP contribution in [0.4, 0.5) is 0 Å². The Morgan fingerprint density at radius 1 is 1.12 bits per heavy atom. The molecule has 7 nitrogen and oxygen atoms in total. The van der Waals surface area contributed by atoms with Crippen molar-refractivity contribution in [2.75, 3.05) is 26.2 Å². The van der Waals surface area contributed by atoms with Gasteiger partial charge >= 0.3 is 5.97 Å². The number of carbonyl (C=O) groups is 3. The lowest BCUT2D eigenvalue weighted by Gasteiger charge is -2.41. The van der Waals surface area contributed by atoms with Crippen molar-refractivity contribution in [3.8, 4) is 0 Å². The van der Waals surface area contributed by atoms with Gasteiger partial charge in [0, 0.05) is 24.9 Å². The van der Waals surface area contributed by atoms with Crippen molar-refractivity contribution in [3.05, 3.63) is 0 Å². The Bertz CT molecular complexity index is 543. The number of piperidine rings is 1. The third-order valence-corrected chi connectivity index (χ3v) is 5.74. The molecule has 26 heavy (non-hydrogen) atoms. The zero-order chi connectivity index (χ0) is 19.5. The molecule has 0 aromatic heterocycles. The minimum absolute atomic E-state index is 0.0751. The van der Waals surface area contributed by atoms with Crippen LogP contribution < -0.4 is 5.73 Å². The number of carboxylic acids is 1. The zero-order valence-corrected chi connectivity index (χ0v) is 16.2. The lowest BCUT2D eigenvalue weighted by molar-refractivity contribution is -0.143. The van der Waals surface area contributed by atoms with Crippen LogP contribution in [0.5, 0.6) is 0 Å². The van der Waals surface area contributed by atoms with Crippen LogP contribution in [0.25, 0.3) is 0 Å². The predicted molar refractivity (Wildman–Crippen MR) is 98.3 cm³/mol. The van der Waals surface area contributed by atoms with Gasteiger partial charge in [-0.25, -0.2) is 0 Å². The number of nitrogens with two attached hydrogens (primary N) is 1. The smallest absolute Gasteiger partial charge is 0.303 e. The summed E-state index contributed by atoms with van der Waals surface area (Å²) in [4.78, 5) is 39.4. The molecule has 2 aliphatic heterocycles. The van der Waals surface area contributed by atoms with Crippen LogP contribution in [0.15, 0.2) is 0 Å². The van der Waals surface area contributed by atoms with Gasteiger partial charge in [0.25, 0.3) is 0 Å². The molecule has 7 heteroatoms. The Balaban J connectivity index is 2.02. The molecular formula is C19H33N3O4. The number of amides is 2. The predicted octanol–water partition coefficient (Wildman–Crippen LogP) is 1.31. The molecule has 2 heterocycles. The fourth-order valence-electron chi connectivity index (χ4n) is 4.31. The van der Waals surface area contributed by atoms with Crippen LogP contribution in [0.2, 0.25) is 0 Å². The Morgan fingerprint density at radius 2 is 1.81 bits per heavy atom. The van der Waals surface area contributed by atoms with Crippen molar-refractivity contribution in [2.45, 2.75) is 58.9 Å². The Hall–Kier alpha value is -1.63. The molecule has 0 aromatic rings. The lowest BCUT2D eigenvalue weighted by Crippen LogP contribution is -2.49. The molecule has 3 unspecified atom stereocenters. The maximum atomic E-state index is 12.6. The van der Waals surface area contributed by atoms with Crippen LogP contribution >= 0.6 is 0 Å². The third kappa shape index (κ3) is 5.19. The minimum atomic E-state index is -0.785. The fraction of sp³-hybridized carbons (Fsp3) is 0.842. The molecule has 3 N–H and O–H groups in total. The second kappa shape index (κ2) is 8.37. The third-order valence-electron chi connectivity index (χ3n) is 5.74. The highest BCUT2D eigenvalue weighted by Gasteiger charge is 2.37. The summed E-state index contributed by atoms with van der Waals surface area (Å²) in [5.41, 5.74) is 5.05. The summed E-state index contributed by atoms with van der Waals surface area (Å²) >= 11 is 0. The summed E-state index contributed by atoms with van der Waals surface area (Å²) < 4.78 is 0. The largest absolute Gasteiger partial charge is 0.481 e. The van der Waals surface area contributed by atoms with Crippen molar-refractivity contribution >= 4 is 17.8 Å². The van der Waals surface area contributed by atoms with Gasteiger partial charge in [-0.15, -0.1) is 0 Å². The van der Waals surface area contributed by atoms with E-state index in [2.05, 4.69) is 4.90 Å². The standard InChI is InChI=1S/C19H33N3O4/c1-19(2,3)18(26)22-10-6-13(11-16(23)24)14(12-22)7-9-21-8-4-5-15(21)17(20)25/h13-15H,4-12H2,1-3H3,(H2,20,25)(H,23,24). The average molecular weight is 367 g/mol. The van der Waals surface area contributed by atoms with Gasteiger partial charge in [-0.3, -0.25) is 19.3 Å². The minimum Gasteiger partial charge on any atom is -0.481 e. The summed E-state index contributed by atoms with van der Waals surface area (Å²) in [6, 6.07) is -0.205. The molecule has 148 valence electrons. The van der Waals surface area contributed by atoms with E-state index in [-0.39, 0.29) is 36.1 Å². The molecule has 0 saturated carbocycles. The summed E-state index contributed by atoms with van der Waals surface area (Å²) in [7, 11) is 0. The average Bonchev–Trinajstić information content (AvgIpc) is 3.00. The van der Waals surface area contributed by atoms with Crippen molar-refractivity contribution in [2.24, 2.45) is 23.0 Å². The first-order valence-corrected chi connectivity index (χ1v) is 9.64. The number of aliphatic carboxylic acids is 1. The van der Waals surface area contributed by atoms with Gasteiger partial charge in [0.2, 0.25) is 11.8 Å². The van der Waals surface area contributed by atoms with Crippen molar-refractivity contribution in [1.82, 2.24) is 9.80 Å². The molecule has 0 bridgehead atoms. The Kier molecular flexibility index (Phi) is 6.66. The topological polar surface area (TPSA) is 104 Å². The molecule has 2 saturated heterocycles. The number of carboxylic acid groups (broad SMARTS) is 1. The molecular weight excluding hydrogens is 334 g/mol. The number of rotatable bonds is 6. The van der Waals surface area contributed by atoms with Gasteiger partial charge in [0.05, 0.1) is 6.04 Å². The molecule has 3 atom stereocenters. The number of primary amides is 1. The van der Waals surface area contributed by atoms with Gasteiger partial charge < -0.3 is 15.7 Å². The summed E-state index contributed by atoms with van der Waals surface area (Å²) in [6.07, 6.45) is 3.41. The number of hydrogen-bond donors (Lipinski definition) is 2. The maximum absolute atomic E-state index is 12.6. The van der Waals surface area contributed by atoms with Gasteiger partial charge in [-0.2, -0.15) is 0 Å². The maximum Gasteiger partial charge on any atom is 0.303 e. The summed E-state index contributed by atoms with van der Waals surface area (Å²) in [5.74, 6) is -0.733. The number of carbonyl (C=O) groups excluding carboxylic acids is 2. The van der Waals surface area contributed by atoms with E-state index in [0.717, 1.165) is 38.8 Å². The quantitative estimate of drug-likeness (QED) is 0.737. The summed E-state index contributed by atoms with van der Waals surface area (Å²) in [5, 5.41) is 9.23. The van der Waals surface area contributed by atoms with Crippen LogP contribution in [-0.4, -0.2) is 64.9 Å². The van der Waals surface area contributed by atoms with E-state index in [9.17, 15) is 19.5 Å². The highest BCUT2D eigenvalue weighted by molar-refractivity contribution is 5.81. The van der Waals surface area contributed by atoms with E-state index >= 15 is 0 Å².